The van der Waals surface area contributed by atoms with Crippen LogP contribution in [0.1, 0.15) is 40.0 Å². The van der Waals surface area contributed by atoms with Crippen molar-refractivity contribution in [2.24, 2.45) is 0 Å². The highest BCUT2D eigenvalue weighted by atomic mass is 16.1. The highest BCUT2D eigenvalue weighted by Gasteiger charge is 2.07. The zero-order valence-corrected chi connectivity index (χ0v) is 9.02. The van der Waals surface area contributed by atoms with Crippen molar-refractivity contribution >= 4 is 5.78 Å². The van der Waals surface area contributed by atoms with Crippen molar-refractivity contribution in [2.75, 3.05) is 6.54 Å². The van der Waals surface area contributed by atoms with Gasteiger partial charge in [-0.05, 0) is 26.8 Å². The second-order valence-electron chi connectivity index (χ2n) is 3.66. The van der Waals surface area contributed by atoms with E-state index in [2.05, 4.69) is 18.8 Å². The number of carbonyl (C=O) groups is 1. The van der Waals surface area contributed by atoms with Crippen LogP contribution in [0.25, 0.3) is 0 Å². The molecule has 0 amide bonds. The minimum atomic E-state index is 0.308. The third-order valence-corrected chi connectivity index (χ3v) is 1.92. The molecule has 1 N–H and O–H groups in total. The molecule has 0 saturated heterocycles. The Balaban J connectivity index is 3.55. The van der Waals surface area contributed by atoms with Crippen molar-refractivity contribution in [1.82, 2.24) is 5.32 Å². The maximum Gasteiger partial charge on any atom is 0.134 e. The molecule has 0 radical (unpaired) electrons. The Labute approximate surface area is 81.4 Å². The summed E-state index contributed by atoms with van der Waals surface area (Å²) in [5, 5.41) is 3.22. The summed E-state index contributed by atoms with van der Waals surface area (Å²) in [5.41, 5.74) is 1.09. The summed E-state index contributed by atoms with van der Waals surface area (Å²) < 4.78 is 0. The molecule has 0 aromatic carbocycles. The van der Waals surface area contributed by atoms with Crippen LogP contribution in [0.15, 0.2) is 12.2 Å². The fraction of sp³-hybridized carbons (Fsp3) is 0.727. The van der Waals surface area contributed by atoms with Gasteiger partial charge in [-0.15, -0.1) is 6.58 Å². The lowest BCUT2D eigenvalue weighted by atomic mass is 10.1. The van der Waals surface area contributed by atoms with E-state index in [0.717, 1.165) is 18.5 Å². The second kappa shape index (κ2) is 6.84. The lowest BCUT2D eigenvalue weighted by Crippen LogP contribution is -2.28. The Morgan fingerprint density at radius 3 is 2.54 bits per heavy atom. The van der Waals surface area contributed by atoms with Crippen molar-refractivity contribution in [3.63, 3.8) is 0 Å². The zero-order valence-electron chi connectivity index (χ0n) is 9.02. The molecule has 0 aromatic heterocycles. The first-order valence-electron chi connectivity index (χ1n) is 4.95. The van der Waals surface area contributed by atoms with Gasteiger partial charge in [0.1, 0.15) is 5.78 Å². The number of carbonyl (C=O) groups excluding carboxylic acids is 1. The van der Waals surface area contributed by atoms with E-state index >= 15 is 0 Å². The molecule has 0 rings (SSSR count). The number of hydrogen-bond acceptors (Lipinski definition) is 2. The lowest BCUT2D eigenvalue weighted by Gasteiger charge is -2.10. The number of hydrogen-bond donors (Lipinski definition) is 1. The van der Waals surface area contributed by atoms with E-state index in [1.807, 2.05) is 13.8 Å². The largest absolute Gasteiger partial charge is 0.314 e. The standard InChI is InChI=1S/C11H21NO/c1-5-12-10(4)8-11(13)7-6-9(2)3/h10,12H,2,5-8H2,1,3-4H3. The van der Waals surface area contributed by atoms with Gasteiger partial charge in [0.05, 0.1) is 0 Å². The number of ketones is 1. The van der Waals surface area contributed by atoms with Crippen molar-refractivity contribution in [3.05, 3.63) is 12.2 Å². The number of nitrogens with one attached hydrogen (secondary N) is 1. The molecule has 0 saturated carbocycles. The summed E-state index contributed by atoms with van der Waals surface area (Å²) >= 11 is 0. The predicted molar refractivity (Wildman–Crippen MR) is 56.8 cm³/mol. The highest BCUT2D eigenvalue weighted by Crippen LogP contribution is 2.04. The van der Waals surface area contributed by atoms with Crippen LogP contribution in [0.3, 0.4) is 0 Å². The van der Waals surface area contributed by atoms with Crippen LogP contribution >= 0.6 is 0 Å². The molecular formula is C11H21NO. The summed E-state index contributed by atoms with van der Waals surface area (Å²) in [6.45, 7) is 10.8. The summed E-state index contributed by atoms with van der Waals surface area (Å²) in [6, 6.07) is 0.308. The van der Waals surface area contributed by atoms with Crippen molar-refractivity contribution in [2.45, 2.75) is 46.1 Å². The molecule has 0 bridgehead atoms. The lowest BCUT2D eigenvalue weighted by molar-refractivity contribution is -0.119. The van der Waals surface area contributed by atoms with Gasteiger partial charge < -0.3 is 5.32 Å². The first-order chi connectivity index (χ1) is 6.06. The fourth-order valence-corrected chi connectivity index (χ4v) is 1.22. The van der Waals surface area contributed by atoms with E-state index < -0.39 is 0 Å². The fourth-order valence-electron chi connectivity index (χ4n) is 1.22. The van der Waals surface area contributed by atoms with E-state index in [1.54, 1.807) is 0 Å². The van der Waals surface area contributed by atoms with Gasteiger partial charge in [-0.1, -0.05) is 12.5 Å². The molecule has 2 heteroatoms. The molecule has 0 aliphatic heterocycles. The molecule has 2 nitrogen and oxygen atoms in total. The second-order valence-corrected chi connectivity index (χ2v) is 3.66. The molecular weight excluding hydrogens is 162 g/mol. The topological polar surface area (TPSA) is 29.1 Å². The summed E-state index contributed by atoms with van der Waals surface area (Å²) in [6.07, 6.45) is 2.11. The first kappa shape index (κ1) is 12.4. The third kappa shape index (κ3) is 7.72. The Morgan fingerprint density at radius 2 is 2.08 bits per heavy atom. The maximum atomic E-state index is 11.4. The molecule has 76 valence electrons. The van der Waals surface area contributed by atoms with Gasteiger partial charge in [-0.25, -0.2) is 0 Å². The van der Waals surface area contributed by atoms with Gasteiger partial charge in [-0.2, -0.15) is 0 Å². The van der Waals surface area contributed by atoms with Gasteiger partial charge in [0, 0.05) is 18.9 Å². The number of rotatable bonds is 7. The van der Waals surface area contributed by atoms with E-state index in [1.165, 1.54) is 0 Å². The Kier molecular flexibility index (Phi) is 6.51. The highest BCUT2D eigenvalue weighted by molar-refractivity contribution is 5.79. The van der Waals surface area contributed by atoms with Gasteiger partial charge in [0.15, 0.2) is 0 Å². The Bertz CT molecular complexity index is 175. The van der Waals surface area contributed by atoms with Crippen molar-refractivity contribution in [1.29, 1.82) is 0 Å². The maximum absolute atomic E-state index is 11.4. The van der Waals surface area contributed by atoms with E-state index in [4.69, 9.17) is 0 Å². The van der Waals surface area contributed by atoms with Gasteiger partial charge in [-0.3, -0.25) is 4.79 Å². The molecule has 0 aliphatic carbocycles. The molecule has 0 aliphatic rings. The van der Waals surface area contributed by atoms with Crippen molar-refractivity contribution < 1.29 is 4.79 Å². The predicted octanol–water partition coefficient (Wildman–Crippen LogP) is 2.30. The van der Waals surface area contributed by atoms with Crippen LogP contribution in [0, 0.1) is 0 Å². The first-order valence-corrected chi connectivity index (χ1v) is 4.95. The molecule has 1 atom stereocenters. The van der Waals surface area contributed by atoms with Crippen LogP contribution in [-0.4, -0.2) is 18.4 Å². The average Bonchev–Trinajstić information content (AvgIpc) is 2.01. The Hall–Kier alpha value is -0.630. The monoisotopic (exact) mass is 183 g/mol. The van der Waals surface area contributed by atoms with Crippen LogP contribution in [0.2, 0.25) is 0 Å². The van der Waals surface area contributed by atoms with E-state index in [-0.39, 0.29) is 0 Å². The van der Waals surface area contributed by atoms with Crippen LogP contribution in [0.4, 0.5) is 0 Å². The smallest absolute Gasteiger partial charge is 0.134 e. The van der Waals surface area contributed by atoms with Gasteiger partial charge in [0.2, 0.25) is 0 Å². The molecule has 0 aromatic rings. The molecule has 0 fully saturated rings. The number of allylic oxidation sites excluding steroid dienone is 1. The summed E-state index contributed by atoms with van der Waals surface area (Å²) in [4.78, 5) is 11.4. The summed E-state index contributed by atoms with van der Waals surface area (Å²) in [7, 11) is 0. The minimum absolute atomic E-state index is 0.308. The SMILES string of the molecule is C=C(C)CCC(=O)CC(C)NCC. The average molecular weight is 183 g/mol. The molecule has 1 unspecified atom stereocenters. The minimum Gasteiger partial charge on any atom is -0.314 e. The van der Waals surface area contributed by atoms with Crippen molar-refractivity contribution in [3.8, 4) is 0 Å². The summed E-state index contributed by atoms with van der Waals surface area (Å²) in [5.74, 6) is 0.330. The zero-order chi connectivity index (χ0) is 10.3. The van der Waals surface area contributed by atoms with Gasteiger partial charge >= 0.3 is 0 Å². The molecule has 13 heavy (non-hydrogen) atoms. The normalized spacial score (nSPS) is 12.5. The number of Topliss-reactive ketones (excluding diaryl/α,β-unsaturated/α-hetero) is 1. The Morgan fingerprint density at radius 1 is 1.46 bits per heavy atom. The van der Waals surface area contributed by atoms with Gasteiger partial charge in [0.25, 0.3) is 0 Å². The van der Waals surface area contributed by atoms with E-state index in [9.17, 15) is 4.79 Å². The van der Waals surface area contributed by atoms with E-state index in [0.29, 0.717) is 24.7 Å². The van der Waals surface area contributed by atoms with Crippen LogP contribution in [-0.2, 0) is 4.79 Å². The van der Waals surface area contributed by atoms with Crippen LogP contribution < -0.4 is 5.32 Å². The molecule has 0 spiro atoms. The molecule has 0 heterocycles. The third-order valence-electron chi connectivity index (χ3n) is 1.92. The quantitative estimate of drug-likeness (QED) is 0.614. The van der Waals surface area contributed by atoms with Crippen LogP contribution in [0.5, 0.6) is 0 Å².